The van der Waals surface area contributed by atoms with Crippen molar-refractivity contribution in [2.24, 2.45) is 4.99 Å². The second kappa shape index (κ2) is 10.9. The number of aliphatic imine (C=N–C) groups is 1. The second-order valence-electron chi connectivity index (χ2n) is 10.7. The molecule has 1 aliphatic heterocycles. The van der Waals surface area contributed by atoms with E-state index in [-0.39, 0.29) is 0 Å². The lowest BCUT2D eigenvalue weighted by atomic mass is 9.89. The normalized spacial score (nSPS) is 12.5. The highest BCUT2D eigenvalue weighted by atomic mass is 14.8. The molecule has 2 heterocycles. The molecule has 0 saturated heterocycles. The van der Waals surface area contributed by atoms with Crippen molar-refractivity contribution in [3.8, 4) is 33.4 Å². The van der Waals surface area contributed by atoms with Crippen molar-refractivity contribution in [2.45, 2.75) is 13.3 Å². The van der Waals surface area contributed by atoms with Gasteiger partial charge < -0.3 is 0 Å². The number of nitrogens with zero attached hydrogens (tertiary/aromatic N) is 2. The molecule has 1 aliphatic rings. The highest BCUT2D eigenvalue weighted by molar-refractivity contribution is 6.07. The first-order chi connectivity index (χ1) is 20.7. The fourth-order valence-corrected chi connectivity index (χ4v) is 6.00. The Balaban J connectivity index is 1.18. The van der Waals surface area contributed by atoms with Crippen LogP contribution in [0.15, 0.2) is 139 Å². The van der Waals surface area contributed by atoms with Gasteiger partial charge in [-0.1, -0.05) is 104 Å². The average molecular weight is 539 g/mol. The van der Waals surface area contributed by atoms with E-state index in [9.17, 15) is 0 Å². The predicted octanol–water partition coefficient (Wildman–Crippen LogP) is 10.6. The Morgan fingerprint density at radius 1 is 0.667 bits per heavy atom. The third-order valence-electron chi connectivity index (χ3n) is 8.08. The molecule has 0 aliphatic carbocycles. The summed E-state index contributed by atoms with van der Waals surface area (Å²) < 4.78 is 0. The maximum Gasteiger partial charge on any atom is 0.0669 e. The van der Waals surface area contributed by atoms with E-state index in [1.165, 1.54) is 55.3 Å². The minimum Gasteiger partial charge on any atom is -0.264 e. The van der Waals surface area contributed by atoms with Crippen molar-refractivity contribution >= 4 is 34.3 Å². The van der Waals surface area contributed by atoms with Crippen LogP contribution in [0.3, 0.4) is 0 Å². The van der Waals surface area contributed by atoms with Crippen LogP contribution >= 0.6 is 0 Å². The molecule has 0 radical (unpaired) electrons. The van der Waals surface area contributed by atoms with Gasteiger partial charge in [0.05, 0.1) is 11.4 Å². The summed E-state index contributed by atoms with van der Waals surface area (Å²) in [6.07, 6.45) is 10.8. The maximum atomic E-state index is 5.03. The lowest BCUT2D eigenvalue weighted by Gasteiger charge is -2.15. The van der Waals surface area contributed by atoms with E-state index in [0.717, 1.165) is 28.9 Å². The molecule has 200 valence electrons. The molecule has 0 fully saturated rings. The Morgan fingerprint density at radius 2 is 1.43 bits per heavy atom. The summed E-state index contributed by atoms with van der Waals surface area (Å²) in [6, 6.07) is 39.0. The zero-order valence-corrected chi connectivity index (χ0v) is 23.6. The standard InChI is InChI=1S/C40H30N2/c1-3-9-37-35(4-2)36-14-6-5-10-31(36)24-38(37)32-19-20-39-34(23-32)25-40(42-39)28-17-15-27(16-18-28)29-11-7-12-30(22-29)33-13-8-21-41-26-33/h3-24,26H,2,25H2,1H3/b9-3-. The lowest BCUT2D eigenvalue weighted by Crippen LogP contribution is -2.00. The van der Waals surface area contributed by atoms with Crippen LogP contribution in [0.5, 0.6) is 0 Å². The number of aromatic nitrogens is 1. The molecule has 6 aromatic rings. The van der Waals surface area contributed by atoms with Crippen LogP contribution in [0.1, 0.15) is 29.2 Å². The molecule has 0 saturated carbocycles. The summed E-state index contributed by atoms with van der Waals surface area (Å²) in [7, 11) is 0. The van der Waals surface area contributed by atoms with E-state index in [0.29, 0.717) is 0 Å². The van der Waals surface area contributed by atoms with Gasteiger partial charge in [-0.15, -0.1) is 0 Å². The first-order valence-corrected chi connectivity index (χ1v) is 14.3. The van der Waals surface area contributed by atoms with Gasteiger partial charge in [-0.05, 0) is 98.1 Å². The molecule has 0 bridgehead atoms. The van der Waals surface area contributed by atoms with Gasteiger partial charge in [0.15, 0.2) is 0 Å². The number of rotatable bonds is 6. The summed E-state index contributed by atoms with van der Waals surface area (Å²) in [4.78, 5) is 9.31. The van der Waals surface area contributed by atoms with Gasteiger partial charge in [-0.3, -0.25) is 9.98 Å². The summed E-state index contributed by atoms with van der Waals surface area (Å²) >= 11 is 0. The number of pyridine rings is 1. The van der Waals surface area contributed by atoms with Gasteiger partial charge in [-0.2, -0.15) is 0 Å². The Labute approximate surface area is 247 Å². The SMILES string of the molecule is C=Cc1c(/C=C\C)c(-c2ccc3c(c2)CC(c2ccc(-c4cccc(-c5cccnc5)c4)cc2)=N3)cc2ccccc12. The minimum atomic E-state index is 0.819. The van der Waals surface area contributed by atoms with Crippen LogP contribution in [0.4, 0.5) is 5.69 Å². The quantitative estimate of drug-likeness (QED) is 0.207. The maximum absolute atomic E-state index is 5.03. The van der Waals surface area contributed by atoms with Gasteiger partial charge >= 0.3 is 0 Å². The van der Waals surface area contributed by atoms with Crippen LogP contribution in [0.2, 0.25) is 0 Å². The van der Waals surface area contributed by atoms with Gasteiger partial charge in [0, 0.05) is 24.4 Å². The molecule has 7 rings (SSSR count). The summed E-state index contributed by atoms with van der Waals surface area (Å²) in [5.74, 6) is 0. The molecular formula is C40H30N2. The first kappa shape index (κ1) is 25.6. The van der Waals surface area contributed by atoms with E-state index in [2.05, 4.69) is 134 Å². The van der Waals surface area contributed by atoms with Crippen molar-refractivity contribution in [2.75, 3.05) is 0 Å². The number of hydrogen-bond donors (Lipinski definition) is 0. The van der Waals surface area contributed by atoms with E-state index >= 15 is 0 Å². The topological polar surface area (TPSA) is 25.2 Å². The third kappa shape index (κ3) is 4.67. The number of fused-ring (bicyclic) bond motifs is 2. The molecule has 5 aromatic carbocycles. The van der Waals surface area contributed by atoms with Crippen LogP contribution < -0.4 is 0 Å². The lowest BCUT2D eigenvalue weighted by molar-refractivity contribution is 1.33. The van der Waals surface area contributed by atoms with Crippen LogP contribution in [-0.2, 0) is 6.42 Å². The number of allylic oxidation sites excluding steroid dienone is 1. The van der Waals surface area contributed by atoms with Crippen molar-refractivity contribution in [1.29, 1.82) is 0 Å². The smallest absolute Gasteiger partial charge is 0.0669 e. The Morgan fingerprint density at radius 3 is 2.21 bits per heavy atom. The predicted molar refractivity (Wildman–Crippen MR) is 179 cm³/mol. The van der Waals surface area contributed by atoms with Crippen molar-refractivity contribution in [3.05, 3.63) is 156 Å². The fraction of sp³-hybridized carbons (Fsp3) is 0.0500. The molecule has 0 amide bonds. The molecule has 0 atom stereocenters. The number of hydrogen-bond acceptors (Lipinski definition) is 2. The molecular weight excluding hydrogens is 508 g/mol. The zero-order valence-electron chi connectivity index (χ0n) is 23.6. The Bertz CT molecular complexity index is 2010. The zero-order chi connectivity index (χ0) is 28.5. The molecule has 0 unspecified atom stereocenters. The van der Waals surface area contributed by atoms with Gasteiger partial charge in [-0.25, -0.2) is 0 Å². The third-order valence-corrected chi connectivity index (χ3v) is 8.08. The largest absolute Gasteiger partial charge is 0.264 e. The van der Waals surface area contributed by atoms with Crippen LogP contribution in [0.25, 0.3) is 56.3 Å². The molecule has 42 heavy (non-hydrogen) atoms. The van der Waals surface area contributed by atoms with E-state index < -0.39 is 0 Å². The highest BCUT2D eigenvalue weighted by Crippen LogP contribution is 2.38. The van der Waals surface area contributed by atoms with Crippen molar-refractivity contribution in [3.63, 3.8) is 0 Å². The van der Waals surface area contributed by atoms with E-state index in [1.54, 1.807) is 6.20 Å². The van der Waals surface area contributed by atoms with Crippen molar-refractivity contribution in [1.82, 2.24) is 4.98 Å². The minimum absolute atomic E-state index is 0.819. The highest BCUT2D eigenvalue weighted by Gasteiger charge is 2.19. The second-order valence-corrected chi connectivity index (χ2v) is 10.7. The molecule has 0 N–H and O–H groups in total. The summed E-state index contributed by atoms with van der Waals surface area (Å²) in [5.41, 5.74) is 14.0. The molecule has 2 heteroatoms. The average Bonchev–Trinajstić information content (AvgIpc) is 3.49. The molecule has 2 nitrogen and oxygen atoms in total. The van der Waals surface area contributed by atoms with Crippen LogP contribution in [0, 0.1) is 0 Å². The summed E-state index contributed by atoms with van der Waals surface area (Å²) in [6.45, 7) is 6.22. The Kier molecular flexibility index (Phi) is 6.65. The molecule has 0 spiro atoms. The fourth-order valence-electron chi connectivity index (χ4n) is 6.00. The monoisotopic (exact) mass is 538 g/mol. The Hall–Kier alpha value is -5.34. The van der Waals surface area contributed by atoms with Gasteiger partial charge in [0.2, 0.25) is 0 Å². The van der Waals surface area contributed by atoms with E-state index in [4.69, 9.17) is 4.99 Å². The van der Waals surface area contributed by atoms with Gasteiger partial charge in [0.1, 0.15) is 0 Å². The van der Waals surface area contributed by atoms with Crippen molar-refractivity contribution < 1.29 is 0 Å². The van der Waals surface area contributed by atoms with Gasteiger partial charge in [0.25, 0.3) is 0 Å². The van der Waals surface area contributed by atoms with Crippen LogP contribution in [-0.4, -0.2) is 10.7 Å². The first-order valence-electron chi connectivity index (χ1n) is 14.3. The summed E-state index contributed by atoms with van der Waals surface area (Å²) in [5, 5.41) is 2.45. The van der Waals surface area contributed by atoms with E-state index in [1.807, 2.05) is 18.3 Å². The number of benzene rings is 5. The molecule has 1 aromatic heterocycles.